The Morgan fingerprint density at radius 2 is 1.82 bits per heavy atom. The summed E-state index contributed by atoms with van der Waals surface area (Å²) >= 11 is 0. The highest BCUT2D eigenvalue weighted by Crippen LogP contribution is 2.32. The number of fused-ring (bicyclic) bond motifs is 2. The average molecular weight is 379 g/mol. The number of carbonyl (C=O) groups excluding carboxylic acids is 1. The first-order valence-electron chi connectivity index (χ1n) is 9.24. The SMILES string of the molecule is CC(C)Cn1nc(C(=O)Nc2ccc3c(c2)OCCO3)c2ccccc2c1=O. The van der Waals surface area contributed by atoms with Gasteiger partial charge in [0.1, 0.15) is 13.2 Å². The zero-order chi connectivity index (χ0) is 19.7. The van der Waals surface area contributed by atoms with Crippen LogP contribution in [0.15, 0.2) is 47.3 Å². The summed E-state index contributed by atoms with van der Waals surface area (Å²) in [5.74, 6) is 1.08. The van der Waals surface area contributed by atoms with Gasteiger partial charge in [-0.2, -0.15) is 5.10 Å². The number of nitrogens with one attached hydrogen (secondary N) is 1. The third-order valence-electron chi connectivity index (χ3n) is 4.42. The van der Waals surface area contributed by atoms with Crippen molar-refractivity contribution in [3.05, 3.63) is 58.5 Å². The van der Waals surface area contributed by atoms with Crippen molar-refractivity contribution in [2.45, 2.75) is 20.4 Å². The number of hydrogen-bond donors (Lipinski definition) is 1. The zero-order valence-electron chi connectivity index (χ0n) is 15.8. The van der Waals surface area contributed by atoms with Gasteiger partial charge in [-0.3, -0.25) is 9.59 Å². The maximum atomic E-state index is 13.0. The van der Waals surface area contributed by atoms with Crippen LogP contribution < -0.4 is 20.3 Å². The molecule has 1 aromatic heterocycles. The minimum Gasteiger partial charge on any atom is -0.486 e. The summed E-state index contributed by atoms with van der Waals surface area (Å²) < 4.78 is 12.4. The molecule has 7 nitrogen and oxygen atoms in total. The van der Waals surface area contributed by atoms with Crippen molar-refractivity contribution in [1.82, 2.24) is 9.78 Å². The fourth-order valence-electron chi connectivity index (χ4n) is 3.18. The molecule has 0 bridgehead atoms. The molecule has 28 heavy (non-hydrogen) atoms. The lowest BCUT2D eigenvalue weighted by Crippen LogP contribution is -2.29. The van der Waals surface area contributed by atoms with Crippen molar-refractivity contribution in [1.29, 1.82) is 0 Å². The van der Waals surface area contributed by atoms with Crippen LogP contribution in [0.5, 0.6) is 11.5 Å². The monoisotopic (exact) mass is 379 g/mol. The zero-order valence-corrected chi connectivity index (χ0v) is 15.8. The van der Waals surface area contributed by atoms with Gasteiger partial charge in [-0.05, 0) is 24.1 Å². The molecule has 0 aliphatic carbocycles. The highest BCUT2D eigenvalue weighted by atomic mass is 16.6. The van der Waals surface area contributed by atoms with Gasteiger partial charge >= 0.3 is 0 Å². The number of amides is 1. The Morgan fingerprint density at radius 1 is 1.11 bits per heavy atom. The number of nitrogens with zero attached hydrogens (tertiary/aromatic N) is 2. The second-order valence-electron chi connectivity index (χ2n) is 7.09. The van der Waals surface area contributed by atoms with Crippen molar-refractivity contribution in [2.24, 2.45) is 5.92 Å². The van der Waals surface area contributed by atoms with E-state index >= 15 is 0 Å². The molecule has 0 atom stereocenters. The van der Waals surface area contributed by atoms with Crippen molar-refractivity contribution in [2.75, 3.05) is 18.5 Å². The lowest BCUT2D eigenvalue weighted by Gasteiger charge is -2.19. The number of ether oxygens (including phenoxy) is 2. The lowest BCUT2D eigenvalue weighted by molar-refractivity contribution is 0.102. The molecule has 7 heteroatoms. The van der Waals surface area contributed by atoms with E-state index in [1.165, 1.54) is 4.68 Å². The Labute approximate surface area is 161 Å². The highest BCUT2D eigenvalue weighted by molar-refractivity contribution is 6.11. The molecule has 0 radical (unpaired) electrons. The molecule has 2 aromatic carbocycles. The fourth-order valence-corrected chi connectivity index (χ4v) is 3.18. The quantitative estimate of drug-likeness (QED) is 0.753. The molecule has 1 amide bonds. The Balaban J connectivity index is 1.72. The molecule has 0 spiro atoms. The number of benzene rings is 2. The summed E-state index contributed by atoms with van der Waals surface area (Å²) in [6.45, 7) is 5.41. The molecular formula is C21H21N3O4. The topological polar surface area (TPSA) is 82.5 Å². The molecule has 0 unspecified atom stereocenters. The first-order valence-corrected chi connectivity index (χ1v) is 9.24. The van der Waals surface area contributed by atoms with Crippen LogP contribution >= 0.6 is 0 Å². The molecule has 3 aromatic rings. The number of rotatable bonds is 4. The summed E-state index contributed by atoms with van der Waals surface area (Å²) in [4.78, 5) is 25.7. The fraction of sp³-hybridized carbons (Fsp3) is 0.286. The second kappa shape index (κ2) is 7.34. The third kappa shape index (κ3) is 3.43. The number of anilines is 1. The molecule has 1 aliphatic heterocycles. The summed E-state index contributed by atoms with van der Waals surface area (Å²) in [5, 5.41) is 8.22. The van der Waals surface area contributed by atoms with Crippen LogP contribution in [0.3, 0.4) is 0 Å². The summed E-state index contributed by atoms with van der Waals surface area (Å²) in [6, 6.07) is 12.3. The van der Waals surface area contributed by atoms with Gasteiger partial charge in [-0.1, -0.05) is 32.0 Å². The summed E-state index contributed by atoms with van der Waals surface area (Å²) in [5.41, 5.74) is 0.590. The van der Waals surface area contributed by atoms with Crippen molar-refractivity contribution in [3.63, 3.8) is 0 Å². The molecule has 1 aliphatic rings. The molecule has 0 saturated heterocycles. The molecule has 1 N–H and O–H groups in total. The predicted molar refractivity (Wildman–Crippen MR) is 106 cm³/mol. The van der Waals surface area contributed by atoms with E-state index in [4.69, 9.17) is 9.47 Å². The van der Waals surface area contributed by atoms with Crippen molar-refractivity contribution < 1.29 is 14.3 Å². The number of carbonyl (C=O) groups is 1. The molecule has 2 heterocycles. The Bertz CT molecular complexity index is 1100. The Kier molecular flexibility index (Phi) is 4.73. The van der Waals surface area contributed by atoms with Crippen molar-refractivity contribution in [3.8, 4) is 11.5 Å². The maximum absolute atomic E-state index is 13.0. The predicted octanol–water partition coefficient (Wildman–Crippen LogP) is 3.08. The van der Waals surface area contributed by atoms with E-state index in [0.29, 0.717) is 47.7 Å². The maximum Gasteiger partial charge on any atom is 0.276 e. The molecule has 0 saturated carbocycles. The van der Waals surface area contributed by atoms with E-state index in [2.05, 4.69) is 10.4 Å². The van der Waals surface area contributed by atoms with Crippen molar-refractivity contribution >= 4 is 22.4 Å². The van der Waals surface area contributed by atoms with Crippen LogP contribution in [-0.4, -0.2) is 28.9 Å². The molecule has 0 fully saturated rings. The van der Waals surface area contributed by atoms with E-state index in [0.717, 1.165) is 0 Å². The van der Waals surface area contributed by atoms with Crippen LogP contribution in [0.25, 0.3) is 10.8 Å². The van der Waals surface area contributed by atoms with Crippen LogP contribution in [0.2, 0.25) is 0 Å². The van der Waals surface area contributed by atoms with Gasteiger partial charge in [0.2, 0.25) is 0 Å². The number of aromatic nitrogens is 2. The first-order chi connectivity index (χ1) is 13.5. The van der Waals surface area contributed by atoms with Gasteiger partial charge in [0.25, 0.3) is 11.5 Å². The van der Waals surface area contributed by atoms with Crippen LogP contribution in [0.1, 0.15) is 24.3 Å². The van der Waals surface area contributed by atoms with Crippen LogP contribution in [-0.2, 0) is 6.54 Å². The van der Waals surface area contributed by atoms with Gasteiger partial charge in [0.15, 0.2) is 17.2 Å². The minimum absolute atomic E-state index is 0.194. The van der Waals surface area contributed by atoms with Crippen LogP contribution in [0, 0.1) is 5.92 Å². The molecule has 4 rings (SSSR count). The normalized spacial score (nSPS) is 13.0. The molecule has 144 valence electrons. The summed E-state index contributed by atoms with van der Waals surface area (Å²) in [6.07, 6.45) is 0. The van der Waals surface area contributed by atoms with Gasteiger partial charge in [-0.25, -0.2) is 4.68 Å². The Hall–Kier alpha value is -3.35. The van der Waals surface area contributed by atoms with Gasteiger partial charge < -0.3 is 14.8 Å². The van der Waals surface area contributed by atoms with Gasteiger partial charge in [-0.15, -0.1) is 0 Å². The highest BCUT2D eigenvalue weighted by Gasteiger charge is 2.18. The van der Waals surface area contributed by atoms with Gasteiger partial charge in [0, 0.05) is 23.7 Å². The first kappa shape index (κ1) is 18.0. The minimum atomic E-state index is -0.384. The molecular weight excluding hydrogens is 358 g/mol. The third-order valence-corrected chi connectivity index (χ3v) is 4.42. The average Bonchev–Trinajstić information content (AvgIpc) is 2.69. The summed E-state index contributed by atoms with van der Waals surface area (Å²) in [7, 11) is 0. The van der Waals surface area contributed by atoms with Crippen LogP contribution in [0.4, 0.5) is 5.69 Å². The second-order valence-corrected chi connectivity index (χ2v) is 7.09. The van der Waals surface area contributed by atoms with Gasteiger partial charge in [0.05, 0.1) is 5.39 Å². The van der Waals surface area contributed by atoms with E-state index in [1.807, 2.05) is 13.8 Å². The van der Waals surface area contributed by atoms with E-state index < -0.39 is 0 Å². The lowest BCUT2D eigenvalue weighted by atomic mass is 10.1. The Morgan fingerprint density at radius 3 is 2.57 bits per heavy atom. The van der Waals surface area contributed by atoms with E-state index in [1.54, 1.807) is 42.5 Å². The largest absolute Gasteiger partial charge is 0.486 e. The van der Waals surface area contributed by atoms with E-state index in [-0.39, 0.29) is 23.1 Å². The number of hydrogen-bond acceptors (Lipinski definition) is 5. The van der Waals surface area contributed by atoms with E-state index in [9.17, 15) is 9.59 Å². The smallest absolute Gasteiger partial charge is 0.276 e. The standard InChI is InChI=1S/C21H21N3O4/c1-13(2)12-24-21(26)16-6-4-3-5-15(16)19(23-24)20(25)22-14-7-8-17-18(11-14)28-10-9-27-17/h3-8,11,13H,9-10,12H2,1-2H3,(H,22,25).